The zero-order valence-electron chi connectivity index (χ0n) is 20.6. The Morgan fingerprint density at radius 3 is 2.14 bits per heavy atom. The average molecular weight is 545 g/mol. The van der Waals surface area contributed by atoms with Gasteiger partial charge in [0.05, 0.1) is 20.2 Å². The Morgan fingerprint density at radius 1 is 0.892 bits per heavy atom. The van der Waals surface area contributed by atoms with Gasteiger partial charge in [-0.1, -0.05) is 50.2 Å². The molecule has 0 atom stereocenters. The second-order valence-electron chi connectivity index (χ2n) is 9.34. The standard InChI is InChI=1S/C27H29FN2O5S2/c1-19(2)23-13-12-22(36(32,33)21-8-4-3-5-9-21)18-26(23)37(34,35)29-20-14-16-30(17-15-20)27(31)24-10-6-7-11-25(24)28/h3-13,18-20,29H,14-17H2,1-2H3. The highest BCUT2D eigenvalue weighted by Gasteiger charge is 2.30. The third kappa shape index (κ3) is 5.76. The smallest absolute Gasteiger partial charge is 0.256 e. The summed E-state index contributed by atoms with van der Waals surface area (Å²) in [6.07, 6.45) is 0.691. The maximum absolute atomic E-state index is 14.0. The van der Waals surface area contributed by atoms with Crippen molar-refractivity contribution in [2.45, 2.75) is 53.3 Å². The van der Waals surface area contributed by atoms with E-state index < -0.39 is 37.6 Å². The predicted octanol–water partition coefficient (Wildman–Crippen LogP) is 4.37. The van der Waals surface area contributed by atoms with E-state index in [0.717, 1.165) is 0 Å². The van der Waals surface area contributed by atoms with Crippen LogP contribution in [0.25, 0.3) is 0 Å². The molecule has 0 bridgehead atoms. The van der Waals surface area contributed by atoms with Crippen molar-refractivity contribution in [3.63, 3.8) is 0 Å². The van der Waals surface area contributed by atoms with E-state index in [2.05, 4.69) is 4.72 Å². The normalized spacial score (nSPS) is 15.2. The Bertz CT molecular complexity index is 1500. The fourth-order valence-corrected chi connectivity index (χ4v) is 7.50. The van der Waals surface area contributed by atoms with Crippen LogP contribution in [0.2, 0.25) is 0 Å². The molecule has 7 nitrogen and oxygen atoms in total. The van der Waals surface area contributed by atoms with Crippen LogP contribution in [-0.2, 0) is 19.9 Å². The molecule has 0 radical (unpaired) electrons. The van der Waals surface area contributed by atoms with Crippen LogP contribution in [-0.4, -0.2) is 46.8 Å². The minimum atomic E-state index is -4.08. The highest BCUT2D eigenvalue weighted by atomic mass is 32.2. The first-order chi connectivity index (χ1) is 17.5. The van der Waals surface area contributed by atoms with Crippen molar-refractivity contribution in [2.75, 3.05) is 13.1 Å². The predicted molar refractivity (Wildman–Crippen MR) is 138 cm³/mol. The maximum Gasteiger partial charge on any atom is 0.256 e. The van der Waals surface area contributed by atoms with Crippen molar-refractivity contribution in [2.24, 2.45) is 0 Å². The largest absolute Gasteiger partial charge is 0.338 e. The summed E-state index contributed by atoms with van der Waals surface area (Å²) in [6, 6.07) is 17.4. The molecule has 1 aliphatic heterocycles. The highest BCUT2D eigenvalue weighted by Crippen LogP contribution is 2.30. The minimum absolute atomic E-state index is 0.0143. The van der Waals surface area contributed by atoms with E-state index >= 15 is 0 Å². The molecule has 0 spiro atoms. The quantitative estimate of drug-likeness (QED) is 0.476. The first kappa shape index (κ1) is 27.0. The number of sulfonamides is 1. The summed E-state index contributed by atoms with van der Waals surface area (Å²) in [4.78, 5) is 14.1. The number of benzene rings is 3. The van der Waals surface area contributed by atoms with Crippen molar-refractivity contribution in [3.05, 3.63) is 89.7 Å². The minimum Gasteiger partial charge on any atom is -0.338 e. The molecule has 37 heavy (non-hydrogen) atoms. The van der Waals surface area contributed by atoms with Crippen molar-refractivity contribution in [1.82, 2.24) is 9.62 Å². The van der Waals surface area contributed by atoms with Gasteiger partial charge in [-0.3, -0.25) is 4.79 Å². The van der Waals surface area contributed by atoms with Crippen LogP contribution in [0.1, 0.15) is 48.5 Å². The lowest BCUT2D eigenvalue weighted by atomic mass is 10.0. The van der Waals surface area contributed by atoms with E-state index in [-0.39, 0.29) is 39.3 Å². The Hall–Kier alpha value is -3.08. The number of sulfone groups is 1. The fourth-order valence-electron chi connectivity index (χ4n) is 4.42. The summed E-state index contributed by atoms with van der Waals surface area (Å²) in [5.41, 5.74) is 0.492. The van der Waals surface area contributed by atoms with Gasteiger partial charge in [0, 0.05) is 19.1 Å². The third-order valence-electron chi connectivity index (χ3n) is 6.47. The molecule has 0 saturated carbocycles. The zero-order chi connectivity index (χ0) is 26.8. The molecule has 0 unspecified atom stereocenters. The van der Waals surface area contributed by atoms with Gasteiger partial charge in [-0.25, -0.2) is 25.9 Å². The number of hydrogen-bond acceptors (Lipinski definition) is 5. The van der Waals surface area contributed by atoms with Crippen molar-refractivity contribution < 1.29 is 26.0 Å². The summed E-state index contributed by atoms with van der Waals surface area (Å²) in [6.45, 7) is 4.21. The number of carbonyl (C=O) groups excluding carboxylic acids is 1. The first-order valence-electron chi connectivity index (χ1n) is 12.0. The number of rotatable bonds is 7. The molecule has 0 aliphatic carbocycles. The number of nitrogens with one attached hydrogen (secondary N) is 1. The molecule has 1 saturated heterocycles. The lowest BCUT2D eigenvalue weighted by molar-refractivity contribution is 0.0706. The SMILES string of the molecule is CC(C)c1ccc(S(=O)(=O)c2ccccc2)cc1S(=O)(=O)NC1CCN(C(=O)c2ccccc2F)CC1. The van der Waals surface area contributed by atoms with Crippen LogP contribution < -0.4 is 4.72 Å². The summed E-state index contributed by atoms with van der Waals surface area (Å²) < 4.78 is 70.0. The molecule has 10 heteroatoms. The summed E-state index contributed by atoms with van der Waals surface area (Å²) >= 11 is 0. The van der Waals surface area contributed by atoms with Gasteiger partial charge in [0.1, 0.15) is 5.82 Å². The molecule has 1 aliphatic rings. The van der Waals surface area contributed by atoms with Gasteiger partial charge in [0.15, 0.2) is 0 Å². The van der Waals surface area contributed by atoms with E-state index in [4.69, 9.17) is 0 Å². The topological polar surface area (TPSA) is 101 Å². The Labute approximate surface area is 217 Å². The third-order valence-corrected chi connectivity index (χ3v) is 9.81. The molecule has 4 rings (SSSR count). The van der Waals surface area contributed by atoms with E-state index in [0.29, 0.717) is 18.4 Å². The second kappa shape index (κ2) is 10.7. The average Bonchev–Trinajstić information content (AvgIpc) is 2.89. The van der Waals surface area contributed by atoms with Crippen molar-refractivity contribution in [1.29, 1.82) is 0 Å². The summed E-state index contributed by atoms with van der Waals surface area (Å²) in [5, 5.41) is 0. The monoisotopic (exact) mass is 544 g/mol. The number of amides is 1. The van der Waals surface area contributed by atoms with Crippen LogP contribution in [0.3, 0.4) is 0 Å². The number of piperidine rings is 1. The molecule has 3 aromatic carbocycles. The van der Waals surface area contributed by atoms with Crippen LogP contribution in [0.5, 0.6) is 0 Å². The molecule has 0 aromatic heterocycles. The van der Waals surface area contributed by atoms with Crippen LogP contribution >= 0.6 is 0 Å². The number of nitrogens with zero attached hydrogens (tertiary/aromatic N) is 1. The molecule has 1 amide bonds. The van der Waals surface area contributed by atoms with Crippen LogP contribution in [0.15, 0.2) is 87.5 Å². The summed E-state index contributed by atoms with van der Waals surface area (Å²) in [7, 11) is -7.99. The molecular weight excluding hydrogens is 515 g/mol. The van der Waals surface area contributed by atoms with Gasteiger partial charge in [-0.2, -0.15) is 0 Å². The molecule has 3 aromatic rings. The van der Waals surface area contributed by atoms with Crippen molar-refractivity contribution >= 4 is 25.8 Å². The molecule has 196 valence electrons. The number of hydrogen-bond donors (Lipinski definition) is 1. The Kier molecular flexibility index (Phi) is 7.82. The fraction of sp³-hybridized carbons (Fsp3) is 0.296. The lowest BCUT2D eigenvalue weighted by Gasteiger charge is -2.32. The highest BCUT2D eigenvalue weighted by molar-refractivity contribution is 7.91. The van der Waals surface area contributed by atoms with Crippen LogP contribution in [0.4, 0.5) is 4.39 Å². The lowest BCUT2D eigenvalue weighted by Crippen LogP contribution is -2.46. The van der Waals surface area contributed by atoms with E-state index in [1.165, 1.54) is 47.4 Å². The van der Waals surface area contributed by atoms with Gasteiger partial charge in [0.2, 0.25) is 19.9 Å². The number of likely N-dealkylation sites (tertiary alicyclic amines) is 1. The zero-order valence-corrected chi connectivity index (χ0v) is 22.2. The van der Waals surface area contributed by atoms with Gasteiger partial charge < -0.3 is 4.90 Å². The Morgan fingerprint density at radius 2 is 1.51 bits per heavy atom. The van der Waals surface area contributed by atoms with Gasteiger partial charge in [0.25, 0.3) is 5.91 Å². The Balaban J connectivity index is 1.55. The molecule has 1 fully saturated rings. The van der Waals surface area contributed by atoms with Gasteiger partial charge in [-0.05, 0) is 60.7 Å². The summed E-state index contributed by atoms with van der Waals surface area (Å²) in [5.74, 6) is -1.19. The van der Waals surface area contributed by atoms with E-state index in [1.807, 2.05) is 13.8 Å². The second-order valence-corrected chi connectivity index (χ2v) is 13.0. The van der Waals surface area contributed by atoms with E-state index in [1.54, 1.807) is 30.3 Å². The van der Waals surface area contributed by atoms with Gasteiger partial charge >= 0.3 is 0 Å². The van der Waals surface area contributed by atoms with E-state index in [9.17, 15) is 26.0 Å². The molecule has 1 heterocycles. The number of halogens is 1. The molecular formula is C27H29FN2O5S2. The maximum atomic E-state index is 14.0. The molecule has 1 N–H and O–H groups in total. The number of carbonyl (C=O) groups is 1. The van der Waals surface area contributed by atoms with Gasteiger partial charge in [-0.15, -0.1) is 0 Å². The first-order valence-corrected chi connectivity index (χ1v) is 15.0. The van der Waals surface area contributed by atoms with Crippen molar-refractivity contribution in [3.8, 4) is 0 Å². The van der Waals surface area contributed by atoms with Crippen LogP contribution in [0, 0.1) is 5.82 Å².